The molecular formula is C26H42O4. The van der Waals surface area contributed by atoms with E-state index in [1.807, 2.05) is 0 Å². The molecule has 0 aromatic heterocycles. The summed E-state index contributed by atoms with van der Waals surface area (Å²) in [5.74, 6) is -1.83. The van der Waals surface area contributed by atoms with Gasteiger partial charge in [0.15, 0.2) is 0 Å². The second-order valence-electron chi connectivity index (χ2n) is 7.76. The molecule has 0 N–H and O–H groups in total. The van der Waals surface area contributed by atoms with E-state index in [0.29, 0.717) is 12.8 Å². The highest BCUT2D eigenvalue weighted by Gasteiger charge is 2.18. The number of rotatable bonds is 18. The lowest BCUT2D eigenvalue weighted by Crippen LogP contribution is -2.15. The van der Waals surface area contributed by atoms with E-state index >= 15 is 0 Å². The van der Waals surface area contributed by atoms with Crippen LogP contribution in [0.4, 0.5) is 0 Å². The zero-order valence-corrected chi connectivity index (χ0v) is 18.9. The van der Waals surface area contributed by atoms with Gasteiger partial charge >= 0.3 is 11.9 Å². The molecule has 1 aromatic carbocycles. The SMILES string of the molecule is [2H]c1c([2H])c([2H])c(C(=O)OCCCCCCCCCC)c(C(=O)OCCCCCCCC)c1[2H]. The van der Waals surface area contributed by atoms with Crippen LogP contribution in [0.25, 0.3) is 0 Å². The predicted octanol–water partition coefficient (Wildman–Crippen LogP) is 7.50. The van der Waals surface area contributed by atoms with E-state index in [2.05, 4.69) is 13.8 Å². The quantitative estimate of drug-likeness (QED) is 0.181. The van der Waals surface area contributed by atoms with E-state index < -0.39 is 47.2 Å². The summed E-state index contributed by atoms with van der Waals surface area (Å²) in [5, 5.41) is 0. The third-order valence-electron chi connectivity index (χ3n) is 5.06. The van der Waals surface area contributed by atoms with E-state index in [1.54, 1.807) is 0 Å². The number of unbranched alkanes of at least 4 members (excludes halogenated alkanes) is 12. The molecule has 0 saturated heterocycles. The topological polar surface area (TPSA) is 52.6 Å². The summed E-state index contributed by atoms with van der Waals surface area (Å²) >= 11 is 0. The van der Waals surface area contributed by atoms with Crippen molar-refractivity contribution < 1.29 is 24.5 Å². The predicted molar refractivity (Wildman–Crippen MR) is 123 cm³/mol. The molecule has 0 bridgehead atoms. The third-order valence-corrected chi connectivity index (χ3v) is 5.06. The van der Waals surface area contributed by atoms with Gasteiger partial charge in [0.2, 0.25) is 0 Å². The first-order valence-electron chi connectivity index (χ1n) is 13.8. The lowest BCUT2D eigenvalue weighted by molar-refractivity contribution is 0.0450. The van der Waals surface area contributed by atoms with Gasteiger partial charge in [0.05, 0.1) is 29.8 Å². The second kappa shape index (κ2) is 18.0. The maximum absolute atomic E-state index is 12.7. The van der Waals surface area contributed by atoms with Crippen LogP contribution in [0.2, 0.25) is 0 Å². The molecule has 0 saturated carbocycles. The average Bonchev–Trinajstić information content (AvgIpc) is 2.82. The molecular weight excluding hydrogens is 376 g/mol. The third kappa shape index (κ3) is 12.0. The van der Waals surface area contributed by atoms with Gasteiger partial charge in [0.25, 0.3) is 0 Å². The molecule has 0 aliphatic rings. The fourth-order valence-corrected chi connectivity index (χ4v) is 3.21. The highest BCUT2D eigenvalue weighted by atomic mass is 16.5. The van der Waals surface area contributed by atoms with Gasteiger partial charge in [-0.05, 0) is 24.9 Å². The summed E-state index contributed by atoms with van der Waals surface area (Å²) in [5.41, 5.74) is -0.892. The van der Waals surface area contributed by atoms with Crippen molar-refractivity contribution in [2.45, 2.75) is 104 Å². The largest absolute Gasteiger partial charge is 0.462 e. The Balaban J connectivity index is 2.69. The lowest BCUT2D eigenvalue weighted by atomic mass is 10.1. The standard InChI is InChI=1S/C26H42O4/c1-3-5-7-9-11-12-14-18-22-30-26(28)24-20-16-15-19-23(24)25(27)29-21-17-13-10-8-6-4-2/h15-16,19-20H,3-14,17-18,21-22H2,1-2H3/i15D,16D,19D,20D. The molecule has 0 spiro atoms. The Labute approximate surface area is 189 Å². The fourth-order valence-electron chi connectivity index (χ4n) is 3.21. The minimum atomic E-state index is -0.917. The van der Waals surface area contributed by atoms with Gasteiger partial charge in [-0.1, -0.05) is 103 Å². The van der Waals surface area contributed by atoms with Crippen LogP contribution >= 0.6 is 0 Å². The zero-order valence-electron chi connectivity index (χ0n) is 22.9. The Kier molecular flexibility index (Phi) is 12.0. The van der Waals surface area contributed by atoms with E-state index in [9.17, 15) is 9.59 Å². The van der Waals surface area contributed by atoms with Crippen LogP contribution in [0.5, 0.6) is 0 Å². The molecule has 30 heavy (non-hydrogen) atoms. The molecule has 0 radical (unpaired) electrons. The van der Waals surface area contributed by atoms with Crippen molar-refractivity contribution >= 4 is 11.9 Å². The van der Waals surface area contributed by atoms with Gasteiger partial charge in [-0.15, -0.1) is 0 Å². The van der Waals surface area contributed by atoms with Crippen LogP contribution in [0.3, 0.4) is 0 Å². The summed E-state index contributed by atoms with van der Waals surface area (Å²) in [6.45, 7) is 4.60. The van der Waals surface area contributed by atoms with Crippen molar-refractivity contribution in [2.24, 2.45) is 0 Å². The molecule has 0 atom stereocenters. The number of ether oxygens (including phenoxy) is 2. The molecule has 0 aliphatic heterocycles. The molecule has 170 valence electrons. The molecule has 0 unspecified atom stereocenters. The molecule has 4 heteroatoms. The van der Waals surface area contributed by atoms with Crippen LogP contribution in [0.15, 0.2) is 24.2 Å². The van der Waals surface area contributed by atoms with Crippen molar-refractivity contribution in [1.82, 2.24) is 0 Å². The van der Waals surface area contributed by atoms with Gasteiger partial charge in [-0.3, -0.25) is 0 Å². The number of hydrogen-bond donors (Lipinski definition) is 0. The summed E-state index contributed by atoms with van der Waals surface area (Å²) < 4.78 is 42.6. The Morgan fingerprint density at radius 2 is 0.967 bits per heavy atom. The Morgan fingerprint density at radius 3 is 1.33 bits per heavy atom. The van der Waals surface area contributed by atoms with Crippen LogP contribution in [-0.2, 0) is 9.47 Å². The zero-order chi connectivity index (χ0) is 25.3. The smallest absolute Gasteiger partial charge is 0.339 e. The minimum Gasteiger partial charge on any atom is -0.462 e. The Morgan fingerprint density at radius 1 is 0.633 bits per heavy atom. The second-order valence-corrected chi connectivity index (χ2v) is 7.76. The number of carbonyl (C=O) groups excluding carboxylic acids is 2. The summed E-state index contributed by atoms with van der Waals surface area (Å²) in [7, 11) is 0. The van der Waals surface area contributed by atoms with Crippen molar-refractivity contribution in [2.75, 3.05) is 13.2 Å². The normalized spacial score (nSPS) is 12.6. The highest BCUT2D eigenvalue weighted by Crippen LogP contribution is 2.14. The van der Waals surface area contributed by atoms with Crippen molar-refractivity contribution in [1.29, 1.82) is 0 Å². The van der Waals surface area contributed by atoms with E-state index in [-0.39, 0.29) is 13.2 Å². The molecule has 1 aromatic rings. The molecule has 1 rings (SSSR count). The maximum atomic E-state index is 12.7. The number of carbonyl (C=O) groups is 2. The van der Waals surface area contributed by atoms with Crippen molar-refractivity contribution in [3.05, 3.63) is 35.3 Å². The monoisotopic (exact) mass is 422 g/mol. The lowest BCUT2D eigenvalue weighted by Gasteiger charge is -2.10. The summed E-state index contributed by atoms with van der Waals surface area (Å²) in [6, 6.07) is -2.30. The number of benzene rings is 1. The first kappa shape index (κ1) is 20.1. The first-order chi connectivity index (χ1) is 16.4. The minimum absolute atomic E-state index is 0.139. The molecule has 0 aliphatic carbocycles. The van der Waals surface area contributed by atoms with Crippen molar-refractivity contribution in [3.8, 4) is 0 Å². The fraction of sp³-hybridized carbons (Fsp3) is 0.692. The first-order valence-corrected chi connectivity index (χ1v) is 11.8. The van der Waals surface area contributed by atoms with Gasteiger partial charge in [-0.25, -0.2) is 9.59 Å². The van der Waals surface area contributed by atoms with Crippen LogP contribution < -0.4 is 0 Å². The molecule has 4 nitrogen and oxygen atoms in total. The summed E-state index contributed by atoms with van der Waals surface area (Å²) in [6.07, 6.45) is 14.8. The van der Waals surface area contributed by atoms with Gasteiger partial charge in [-0.2, -0.15) is 0 Å². The molecule has 0 heterocycles. The van der Waals surface area contributed by atoms with Crippen LogP contribution in [0, 0.1) is 0 Å². The average molecular weight is 423 g/mol. The molecule has 0 fully saturated rings. The van der Waals surface area contributed by atoms with E-state index in [1.165, 1.54) is 32.1 Å². The van der Waals surface area contributed by atoms with Gasteiger partial charge in [0.1, 0.15) is 0 Å². The van der Waals surface area contributed by atoms with Gasteiger partial charge in [0, 0.05) is 0 Å². The highest BCUT2D eigenvalue weighted by molar-refractivity contribution is 6.03. The van der Waals surface area contributed by atoms with Crippen LogP contribution in [0.1, 0.15) is 130 Å². The Hall–Kier alpha value is -1.84. The van der Waals surface area contributed by atoms with Crippen LogP contribution in [-0.4, -0.2) is 25.2 Å². The van der Waals surface area contributed by atoms with Crippen molar-refractivity contribution in [3.63, 3.8) is 0 Å². The van der Waals surface area contributed by atoms with Gasteiger partial charge < -0.3 is 9.47 Å². The van der Waals surface area contributed by atoms with E-state index in [4.69, 9.17) is 15.0 Å². The molecule has 0 amide bonds. The Bertz CT molecular complexity index is 768. The summed E-state index contributed by atoms with van der Waals surface area (Å²) in [4.78, 5) is 25.4. The number of hydrogen-bond acceptors (Lipinski definition) is 4. The van der Waals surface area contributed by atoms with E-state index in [0.717, 1.165) is 44.9 Å². The maximum Gasteiger partial charge on any atom is 0.339 e. The number of esters is 2.